The second-order valence-corrected chi connectivity index (χ2v) is 6.57. The van der Waals surface area contributed by atoms with Gasteiger partial charge in [-0.05, 0) is 0 Å². The maximum atomic E-state index is 2.51. The van der Waals surface area contributed by atoms with Crippen molar-refractivity contribution < 1.29 is 0 Å². The predicted molar refractivity (Wildman–Crippen MR) is 69.2 cm³/mol. The third kappa shape index (κ3) is 4.54. The Balaban J connectivity index is 2.47. The normalized spacial score (nSPS) is 32.7. The molecule has 1 aliphatic carbocycles. The summed E-state index contributed by atoms with van der Waals surface area (Å²) < 4.78 is 0.976. The average Bonchev–Trinajstić information content (AvgIpc) is 2.10. The molecule has 84 valence electrons. The van der Waals surface area contributed by atoms with Crippen molar-refractivity contribution in [1.29, 1.82) is 0 Å². The summed E-state index contributed by atoms with van der Waals surface area (Å²) in [5, 5.41) is 0. The van der Waals surface area contributed by atoms with E-state index in [0.29, 0.717) is 0 Å². The first-order valence-electron chi connectivity index (χ1n) is 7.00. The molecule has 0 aromatic rings. The summed E-state index contributed by atoms with van der Waals surface area (Å²) in [4.78, 5) is 0. The van der Waals surface area contributed by atoms with Gasteiger partial charge in [-0.25, -0.2) is 0 Å². The third-order valence-electron chi connectivity index (χ3n) is 4.19. The number of hydrogen-bond acceptors (Lipinski definition) is 0. The van der Waals surface area contributed by atoms with Crippen molar-refractivity contribution in [2.24, 2.45) is 23.7 Å². The molecule has 0 spiro atoms. The Bertz CT molecular complexity index is 156. The van der Waals surface area contributed by atoms with Crippen LogP contribution in [0.15, 0.2) is 0 Å². The van der Waals surface area contributed by atoms with Gasteiger partial charge in [0, 0.05) is 0 Å². The Morgan fingerprint density at radius 1 is 0.933 bits per heavy atom. The van der Waals surface area contributed by atoms with Crippen molar-refractivity contribution in [2.45, 2.75) is 64.4 Å². The van der Waals surface area contributed by atoms with Gasteiger partial charge in [0.2, 0.25) is 0 Å². The fourth-order valence-electron chi connectivity index (χ4n) is 3.43. The Kier molecular flexibility index (Phi) is 5.79. The molecule has 0 bridgehead atoms. The minimum atomic E-state index is 0.884. The number of rotatable bonds is 4. The summed E-state index contributed by atoms with van der Waals surface area (Å²) in [7, 11) is 0. The Hall–Kier alpha value is 0.597. The molecule has 0 aromatic carbocycles. The van der Waals surface area contributed by atoms with Gasteiger partial charge in [-0.1, -0.05) is 0 Å². The monoisotopic (exact) mass is 202 g/mol. The van der Waals surface area contributed by atoms with Crippen LogP contribution in [-0.4, -0.2) is 17.7 Å². The van der Waals surface area contributed by atoms with Crippen LogP contribution in [0.4, 0.5) is 0 Å². The average molecular weight is 202 g/mol. The van der Waals surface area contributed by atoms with Crippen molar-refractivity contribution in [1.82, 2.24) is 0 Å². The number of hydrogen-bond donors (Lipinski definition) is 0. The van der Waals surface area contributed by atoms with Crippen LogP contribution in [-0.2, 0) is 0 Å². The maximum absolute atomic E-state index is 2.51. The topological polar surface area (TPSA) is 0 Å². The van der Waals surface area contributed by atoms with Gasteiger partial charge < -0.3 is 0 Å². The van der Waals surface area contributed by atoms with Crippen LogP contribution >= 0.6 is 0 Å². The fraction of sp³-hybridized carbons (Fsp3) is 1.00. The summed E-state index contributed by atoms with van der Waals surface area (Å²) in [5.74, 6) is 3.80. The molecule has 0 heterocycles. The van der Waals surface area contributed by atoms with Gasteiger partial charge in [0.25, 0.3) is 0 Å². The second-order valence-electron chi connectivity index (χ2n) is 6.57. The summed E-state index contributed by atoms with van der Waals surface area (Å²) in [6.45, 7) is 9.50. The van der Waals surface area contributed by atoms with Crippen LogP contribution in [0.5, 0.6) is 0 Å². The molecule has 2 atom stereocenters. The van der Waals surface area contributed by atoms with Crippen LogP contribution < -0.4 is 0 Å². The quantitative estimate of drug-likeness (QED) is 0.591. The Morgan fingerprint density at radius 3 is 1.67 bits per heavy atom. The molecule has 2 unspecified atom stereocenters. The minimum absolute atomic E-state index is 0.884. The van der Waals surface area contributed by atoms with E-state index in [1.807, 2.05) is 0 Å². The van der Waals surface area contributed by atoms with Crippen molar-refractivity contribution in [3.05, 3.63) is 0 Å². The summed E-state index contributed by atoms with van der Waals surface area (Å²) >= 11 is 2.51. The molecule has 1 fully saturated rings. The zero-order chi connectivity index (χ0) is 11.4. The van der Waals surface area contributed by atoms with Gasteiger partial charge in [0.1, 0.15) is 0 Å². The molecular weight excluding hydrogens is 175 g/mol. The molecule has 0 radical (unpaired) electrons. The first kappa shape index (κ1) is 13.7. The first-order chi connectivity index (χ1) is 7.00. The molecule has 1 rings (SSSR count). The standard InChI is InChI=1S/C14H27.Li/c1-11(2)8-13-6-5-7-14(10-13)9-12(3)4;/h10-14H,5-9H2,1-4H3;. The molecule has 1 aliphatic rings. The van der Waals surface area contributed by atoms with Crippen LogP contribution in [0.3, 0.4) is 0 Å². The molecular formula is C14H27Li. The SMILES string of the molecule is [Li][CH]1C(CC(C)C)CCCC1CC(C)C. The van der Waals surface area contributed by atoms with Gasteiger partial charge >= 0.3 is 106 Å². The van der Waals surface area contributed by atoms with E-state index in [1.54, 1.807) is 0 Å². The molecule has 15 heavy (non-hydrogen) atoms. The van der Waals surface area contributed by atoms with E-state index < -0.39 is 0 Å². The Labute approximate surface area is 106 Å². The summed E-state index contributed by atoms with van der Waals surface area (Å²) in [6.07, 6.45) is 7.38. The predicted octanol–water partition coefficient (Wildman–Crippen LogP) is 4.45. The van der Waals surface area contributed by atoms with E-state index in [9.17, 15) is 0 Å². The molecule has 0 aromatic heterocycles. The van der Waals surface area contributed by atoms with Crippen molar-refractivity contribution in [2.75, 3.05) is 0 Å². The van der Waals surface area contributed by atoms with E-state index in [2.05, 4.69) is 45.4 Å². The zero-order valence-corrected chi connectivity index (χ0v) is 11.4. The summed E-state index contributed by atoms with van der Waals surface area (Å²) in [6, 6.07) is 0. The third-order valence-corrected chi connectivity index (χ3v) is 4.19. The molecule has 1 heteroatoms. The fourth-order valence-corrected chi connectivity index (χ4v) is 3.43. The van der Waals surface area contributed by atoms with Crippen molar-refractivity contribution in [3.63, 3.8) is 0 Å². The molecule has 0 saturated heterocycles. The second kappa shape index (κ2) is 6.36. The Morgan fingerprint density at radius 2 is 1.33 bits per heavy atom. The molecule has 1 saturated carbocycles. The van der Waals surface area contributed by atoms with Gasteiger partial charge in [-0.15, -0.1) is 0 Å². The van der Waals surface area contributed by atoms with E-state index in [4.69, 9.17) is 0 Å². The summed E-state index contributed by atoms with van der Waals surface area (Å²) in [5.41, 5.74) is 0. The molecule has 0 nitrogen and oxygen atoms in total. The molecule has 0 N–H and O–H groups in total. The van der Waals surface area contributed by atoms with Gasteiger partial charge in [-0.3, -0.25) is 0 Å². The molecule has 0 amide bonds. The van der Waals surface area contributed by atoms with Gasteiger partial charge in [0.15, 0.2) is 0 Å². The molecule has 0 aliphatic heterocycles. The zero-order valence-electron chi connectivity index (χ0n) is 11.4. The van der Waals surface area contributed by atoms with Gasteiger partial charge in [0.05, 0.1) is 0 Å². The van der Waals surface area contributed by atoms with Crippen molar-refractivity contribution in [3.8, 4) is 0 Å². The van der Waals surface area contributed by atoms with Crippen LogP contribution in [0.2, 0.25) is 4.59 Å². The van der Waals surface area contributed by atoms with Crippen LogP contribution in [0.25, 0.3) is 0 Å². The van der Waals surface area contributed by atoms with Crippen LogP contribution in [0.1, 0.15) is 59.8 Å². The van der Waals surface area contributed by atoms with E-state index in [0.717, 1.165) is 28.3 Å². The first-order valence-corrected chi connectivity index (χ1v) is 7.00. The van der Waals surface area contributed by atoms with Crippen molar-refractivity contribution >= 4 is 17.7 Å². The van der Waals surface area contributed by atoms with E-state index in [1.165, 1.54) is 32.1 Å². The van der Waals surface area contributed by atoms with E-state index in [-0.39, 0.29) is 0 Å². The van der Waals surface area contributed by atoms with Crippen LogP contribution in [0, 0.1) is 23.7 Å². The van der Waals surface area contributed by atoms with Gasteiger partial charge in [-0.2, -0.15) is 0 Å². The van der Waals surface area contributed by atoms with E-state index >= 15 is 0 Å².